The van der Waals surface area contributed by atoms with Gasteiger partial charge in [0.25, 0.3) is 0 Å². The normalized spacial score (nSPS) is 10.4. The van der Waals surface area contributed by atoms with Gasteiger partial charge in [-0.1, -0.05) is 42.5 Å². The number of H-pyrrole nitrogens is 1. The first-order valence-corrected chi connectivity index (χ1v) is 5.26. The lowest BCUT2D eigenvalue weighted by atomic mass is 10.1. The van der Waals surface area contributed by atoms with Crippen LogP contribution in [0.3, 0.4) is 0 Å². The third-order valence-corrected chi connectivity index (χ3v) is 2.84. The Hall–Kier alpha value is -1.42. The standard InChI is InChI=1S/C10H10N2OS/c1-2-7-3-5-8(6-4-7)9-11-12-10(13)14-9/h3-6H,2H2,1H3,(H,12,13). The Balaban J connectivity index is 2.38. The van der Waals surface area contributed by atoms with E-state index in [-0.39, 0.29) is 4.87 Å². The molecule has 0 aliphatic heterocycles. The lowest BCUT2D eigenvalue weighted by Gasteiger charge is -1.97. The molecule has 2 aromatic rings. The van der Waals surface area contributed by atoms with Gasteiger partial charge in [0, 0.05) is 5.56 Å². The van der Waals surface area contributed by atoms with E-state index < -0.39 is 0 Å². The second-order valence-corrected chi connectivity index (χ2v) is 3.93. The van der Waals surface area contributed by atoms with Gasteiger partial charge < -0.3 is 0 Å². The Kier molecular flexibility index (Phi) is 2.45. The molecule has 0 fully saturated rings. The van der Waals surface area contributed by atoms with Gasteiger partial charge in [0.1, 0.15) is 5.01 Å². The number of nitrogens with one attached hydrogen (secondary N) is 1. The smallest absolute Gasteiger partial charge is 0.255 e. The summed E-state index contributed by atoms with van der Waals surface area (Å²) in [5.74, 6) is 0. The summed E-state index contributed by atoms with van der Waals surface area (Å²) in [6, 6.07) is 8.10. The number of rotatable bonds is 2. The highest BCUT2D eigenvalue weighted by Gasteiger charge is 2.02. The lowest BCUT2D eigenvalue weighted by Crippen LogP contribution is -1.90. The van der Waals surface area contributed by atoms with E-state index in [1.807, 2.05) is 12.1 Å². The van der Waals surface area contributed by atoms with Crippen LogP contribution < -0.4 is 4.87 Å². The average Bonchev–Trinajstić information content (AvgIpc) is 2.65. The van der Waals surface area contributed by atoms with Crippen molar-refractivity contribution in [2.75, 3.05) is 0 Å². The highest BCUT2D eigenvalue weighted by atomic mass is 32.1. The molecule has 0 bridgehead atoms. The van der Waals surface area contributed by atoms with Crippen molar-refractivity contribution in [1.82, 2.24) is 10.2 Å². The number of aromatic nitrogens is 2. The minimum atomic E-state index is -0.112. The largest absolute Gasteiger partial charge is 0.322 e. The molecule has 14 heavy (non-hydrogen) atoms. The Labute approximate surface area is 85.4 Å². The molecule has 1 aromatic heterocycles. The van der Waals surface area contributed by atoms with Crippen molar-refractivity contribution in [2.45, 2.75) is 13.3 Å². The van der Waals surface area contributed by atoms with Crippen molar-refractivity contribution in [1.29, 1.82) is 0 Å². The van der Waals surface area contributed by atoms with Gasteiger partial charge in [-0.15, -0.1) is 0 Å². The predicted octanol–water partition coefficient (Wildman–Crippen LogP) is 2.06. The quantitative estimate of drug-likeness (QED) is 0.817. The van der Waals surface area contributed by atoms with Crippen LogP contribution >= 0.6 is 11.3 Å². The van der Waals surface area contributed by atoms with Crippen molar-refractivity contribution in [2.24, 2.45) is 0 Å². The molecule has 2 rings (SSSR count). The highest BCUT2D eigenvalue weighted by Crippen LogP contribution is 2.18. The first kappa shape index (κ1) is 9.15. The minimum Gasteiger partial charge on any atom is -0.255 e. The number of aryl methyl sites for hydroxylation is 1. The van der Waals surface area contributed by atoms with E-state index in [1.54, 1.807) is 0 Å². The van der Waals surface area contributed by atoms with Crippen molar-refractivity contribution in [3.63, 3.8) is 0 Å². The summed E-state index contributed by atoms with van der Waals surface area (Å²) >= 11 is 1.13. The fourth-order valence-corrected chi connectivity index (χ4v) is 1.85. The summed E-state index contributed by atoms with van der Waals surface area (Å²) in [5, 5.41) is 7.08. The van der Waals surface area contributed by atoms with Crippen molar-refractivity contribution < 1.29 is 0 Å². The van der Waals surface area contributed by atoms with Crippen LogP contribution in [0.25, 0.3) is 10.6 Å². The second-order valence-electron chi connectivity index (χ2n) is 2.97. The summed E-state index contributed by atoms with van der Waals surface area (Å²) in [4.78, 5) is 10.8. The van der Waals surface area contributed by atoms with Gasteiger partial charge >= 0.3 is 4.87 Å². The van der Waals surface area contributed by atoms with Crippen molar-refractivity contribution in [3.05, 3.63) is 39.5 Å². The Morgan fingerprint density at radius 3 is 2.57 bits per heavy atom. The number of hydrogen-bond acceptors (Lipinski definition) is 3. The number of benzene rings is 1. The van der Waals surface area contributed by atoms with E-state index in [9.17, 15) is 4.79 Å². The number of aromatic amines is 1. The molecule has 4 heteroatoms. The van der Waals surface area contributed by atoms with Gasteiger partial charge in [-0.2, -0.15) is 5.10 Å². The van der Waals surface area contributed by atoms with E-state index in [1.165, 1.54) is 5.56 Å². The molecule has 0 amide bonds. The molecule has 1 heterocycles. The lowest BCUT2D eigenvalue weighted by molar-refractivity contribution is 1.06. The third-order valence-electron chi connectivity index (χ3n) is 2.05. The Morgan fingerprint density at radius 2 is 2.07 bits per heavy atom. The van der Waals surface area contributed by atoms with Crippen LogP contribution in [-0.2, 0) is 6.42 Å². The monoisotopic (exact) mass is 206 g/mol. The predicted molar refractivity (Wildman–Crippen MR) is 57.5 cm³/mol. The Bertz CT molecular complexity index is 469. The van der Waals surface area contributed by atoms with Crippen LogP contribution in [0.15, 0.2) is 29.1 Å². The first-order valence-electron chi connectivity index (χ1n) is 4.44. The van der Waals surface area contributed by atoms with Gasteiger partial charge in [0.15, 0.2) is 0 Å². The molecule has 0 aliphatic carbocycles. The molecule has 0 spiro atoms. The minimum absolute atomic E-state index is 0.112. The molecule has 1 N–H and O–H groups in total. The molecular weight excluding hydrogens is 196 g/mol. The molecule has 0 radical (unpaired) electrons. The molecule has 0 saturated heterocycles. The van der Waals surface area contributed by atoms with E-state index in [0.29, 0.717) is 0 Å². The van der Waals surface area contributed by atoms with Gasteiger partial charge in [-0.25, -0.2) is 5.10 Å². The van der Waals surface area contributed by atoms with Gasteiger partial charge in [-0.05, 0) is 12.0 Å². The SMILES string of the molecule is CCc1ccc(-c2n[nH]c(=O)s2)cc1. The zero-order valence-corrected chi connectivity index (χ0v) is 8.60. The summed E-state index contributed by atoms with van der Waals surface area (Å²) in [6.45, 7) is 2.11. The van der Waals surface area contributed by atoms with Crippen molar-refractivity contribution in [3.8, 4) is 10.6 Å². The van der Waals surface area contributed by atoms with E-state index in [2.05, 4.69) is 29.3 Å². The van der Waals surface area contributed by atoms with Crippen LogP contribution in [0.5, 0.6) is 0 Å². The first-order chi connectivity index (χ1) is 6.79. The van der Waals surface area contributed by atoms with Crippen LogP contribution in [0.4, 0.5) is 0 Å². The van der Waals surface area contributed by atoms with Gasteiger partial charge in [0.05, 0.1) is 0 Å². The number of hydrogen-bond donors (Lipinski definition) is 1. The van der Waals surface area contributed by atoms with Crippen molar-refractivity contribution >= 4 is 11.3 Å². The summed E-state index contributed by atoms with van der Waals surface area (Å²) in [5.41, 5.74) is 2.28. The fraction of sp³-hybridized carbons (Fsp3) is 0.200. The van der Waals surface area contributed by atoms with Gasteiger partial charge in [0.2, 0.25) is 0 Å². The van der Waals surface area contributed by atoms with Crippen LogP contribution in [-0.4, -0.2) is 10.2 Å². The van der Waals surface area contributed by atoms with Gasteiger partial charge in [-0.3, -0.25) is 4.79 Å². The fourth-order valence-electron chi connectivity index (χ4n) is 1.24. The molecule has 0 saturated carbocycles. The zero-order chi connectivity index (χ0) is 9.97. The van der Waals surface area contributed by atoms with Crippen LogP contribution in [0.1, 0.15) is 12.5 Å². The second kappa shape index (κ2) is 3.75. The topological polar surface area (TPSA) is 45.8 Å². The molecule has 3 nitrogen and oxygen atoms in total. The maximum Gasteiger partial charge on any atom is 0.322 e. The number of nitrogens with zero attached hydrogens (tertiary/aromatic N) is 1. The average molecular weight is 206 g/mol. The highest BCUT2D eigenvalue weighted by molar-refractivity contribution is 7.12. The summed E-state index contributed by atoms with van der Waals surface area (Å²) in [6.07, 6.45) is 1.02. The molecule has 0 atom stereocenters. The molecule has 0 aliphatic rings. The maximum atomic E-state index is 10.9. The van der Waals surface area contributed by atoms with E-state index in [0.717, 1.165) is 28.3 Å². The van der Waals surface area contributed by atoms with E-state index in [4.69, 9.17) is 0 Å². The summed E-state index contributed by atoms with van der Waals surface area (Å²) in [7, 11) is 0. The van der Waals surface area contributed by atoms with Crippen LogP contribution in [0, 0.1) is 0 Å². The summed E-state index contributed by atoms with van der Waals surface area (Å²) < 4.78 is 0. The third kappa shape index (κ3) is 1.75. The molecule has 1 aromatic carbocycles. The van der Waals surface area contributed by atoms with Crippen LogP contribution in [0.2, 0.25) is 0 Å². The maximum absolute atomic E-state index is 10.9. The Morgan fingerprint density at radius 1 is 1.36 bits per heavy atom. The molecule has 0 unspecified atom stereocenters. The van der Waals surface area contributed by atoms with E-state index >= 15 is 0 Å². The zero-order valence-electron chi connectivity index (χ0n) is 7.78. The molecule has 72 valence electrons. The molecular formula is C10H10N2OS.